The van der Waals surface area contributed by atoms with Gasteiger partial charge in [0, 0.05) is 37.3 Å². The van der Waals surface area contributed by atoms with Gasteiger partial charge in [0.1, 0.15) is 5.56 Å². The van der Waals surface area contributed by atoms with Crippen molar-refractivity contribution in [3.63, 3.8) is 0 Å². The first-order valence-corrected chi connectivity index (χ1v) is 14.1. The van der Waals surface area contributed by atoms with Gasteiger partial charge in [-0.2, -0.15) is 4.31 Å². The maximum absolute atomic E-state index is 13.4. The summed E-state index contributed by atoms with van der Waals surface area (Å²) in [5.74, 6) is 0.208. The number of amides is 1. The molecule has 2 atom stereocenters. The van der Waals surface area contributed by atoms with Crippen molar-refractivity contribution in [1.82, 2.24) is 14.2 Å². The lowest BCUT2D eigenvalue weighted by atomic mass is 9.94. The fourth-order valence-corrected chi connectivity index (χ4v) is 7.30. The van der Waals surface area contributed by atoms with Crippen molar-refractivity contribution in [2.75, 3.05) is 13.1 Å². The van der Waals surface area contributed by atoms with E-state index in [2.05, 4.69) is 19.2 Å². The minimum Gasteiger partial charge on any atom is -0.349 e. The molecule has 2 aromatic rings. The number of nitrogens with one attached hydrogen (secondary N) is 1. The third-order valence-corrected chi connectivity index (χ3v) is 9.13. The van der Waals surface area contributed by atoms with E-state index in [0.717, 1.165) is 32.1 Å². The monoisotopic (exact) mass is 487 g/mol. The van der Waals surface area contributed by atoms with E-state index in [0.29, 0.717) is 25.2 Å². The Morgan fingerprint density at radius 2 is 1.71 bits per heavy atom. The SMILES string of the molecule is CCn1cc(C(=O)NC2CCCCCC2)c(=O)c2cc(S(=O)(=O)N3C[C@@H](C)C[C@H](C)C3)ccc21. The summed E-state index contributed by atoms with van der Waals surface area (Å²) in [6.45, 7) is 7.60. The van der Waals surface area contributed by atoms with E-state index in [1.807, 2.05) is 11.5 Å². The number of sulfonamides is 1. The summed E-state index contributed by atoms with van der Waals surface area (Å²) in [6, 6.07) is 4.82. The van der Waals surface area contributed by atoms with Crippen LogP contribution in [0, 0.1) is 11.8 Å². The largest absolute Gasteiger partial charge is 0.349 e. The quantitative estimate of drug-likeness (QED) is 0.642. The van der Waals surface area contributed by atoms with Crippen LogP contribution in [0.4, 0.5) is 0 Å². The number of carbonyl (C=O) groups is 1. The van der Waals surface area contributed by atoms with Crippen molar-refractivity contribution in [2.45, 2.75) is 83.2 Å². The number of nitrogens with zero attached hydrogens (tertiary/aromatic N) is 2. The second-order valence-electron chi connectivity index (χ2n) is 10.3. The van der Waals surface area contributed by atoms with Gasteiger partial charge in [0.15, 0.2) is 0 Å². The van der Waals surface area contributed by atoms with Crippen LogP contribution in [-0.2, 0) is 16.6 Å². The van der Waals surface area contributed by atoms with E-state index in [-0.39, 0.29) is 39.6 Å². The highest BCUT2D eigenvalue weighted by Gasteiger charge is 2.32. The van der Waals surface area contributed by atoms with E-state index < -0.39 is 15.5 Å². The van der Waals surface area contributed by atoms with Gasteiger partial charge in [0.05, 0.1) is 10.4 Å². The normalized spacial score (nSPS) is 23.0. The second kappa shape index (κ2) is 10.2. The highest BCUT2D eigenvalue weighted by atomic mass is 32.2. The van der Waals surface area contributed by atoms with Gasteiger partial charge in [0.25, 0.3) is 5.91 Å². The second-order valence-corrected chi connectivity index (χ2v) is 12.2. The lowest BCUT2D eigenvalue weighted by Crippen LogP contribution is -2.42. The number of rotatable bonds is 5. The van der Waals surface area contributed by atoms with Crippen molar-refractivity contribution in [2.24, 2.45) is 11.8 Å². The summed E-state index contributed by atoms with van der Waals surface area (Å²) >= 11 is 0. The van der Waals surface area contributed by atoms with Crippen LogP contribution in [0.25, 0.3) is 10.9 Å². The predicted octanol–water partition coefficient (Wildman–Crippen LogP) is 4.14. The van der Waals surface area contributed by atoms with Crippen LogP contribution in [0.2, 0.25) is 0 Å². The first kappa shape index (κ1) is 24.9. The molecule has 34 heavy (non-hydrogen) atoms. The molecule has 1 aliphatic carbocycles. The van der Waals surface area contributed by atoms with Gasteiger partial charge in [-0.05, 0) is 56.2 Å². The van der Waals surface area contributed by atoms with E-state index in [1.165, 1.54) is 23.2 Å². The van der Waals surface area contributed by atoms with Crippen LogP contribution in [0.1, 0.15) is 76.1 Å². The standard InChI is InChI=1S/C26H37N3O4S/c1-4-28-17-23(26(31)27-20-9-7-5-6-8-10-20)25(30)22-14-21(11-12-24(22)28)34(32,33)29-15-18(2)13-19(3)16-29/h11-12,14,17-20H,4-10,13,15-16H2,1-3H3,(H,27,31)/t18-,19-/m0/s1. The third-order valence-electron chi connectivity index (χ3n) is 7.30. The van der Waals surface area contributed by atoms with Crippen molar-refractivity contribution >= 4 is 26.8 Å². The molecule has 1 N–H and O–H groups in total. The number of aromatic nitrogens is 1. The molecule has 2 heterocycles. The number of aryl methyl sites for hydroxylation is 1. The zero-order valence-electron chi connectivity index (χ0n) is 20.5. The number of piperidine rings is 1. The molecular weight excluding hydrogens is 450 g/mol. The van der Waals surface area contributed by atoms with Gasteiger partial charge < -0.3 is 9.88 Å². The summed E-state index contributed by atoms with van der Waals surface area (Å²) in [6.07, 6.45) is 8.98. The Morgan fingerprint density at radius 3 is 2.32 bits per heavy atom. The minimum atomic E-state index is -3.73. The number of fused-ring (bicyclic) bond motifs is 1. The van der Waals surface area contributed by atoms with E-state index in [1.54, 1.807) is 18.3 Å². The molecule has 1 saturated heterocycles. The predicted molar refractivity (Wildman–Crippen MR) is 135 cm³/mol. The molecule has 0 spiro atoms. The molecular formula is C26H37N3O4S. The molecule has 186 valence electrons. The summed E-state index contributed by atoms with van der Waals surface area (Å²) in [4.78, 5) is 26.6. The maximum Gasteiger partial charge on any atom is 0.256 e. The molecule has 0 unspecified atom stereocenters. The Balaban J connectivity index is 1.72. The van der Waals surface area contributed by atoms with Gasteiger partial charge in [-0.15, -0.1) is 0 Å². The Kier molecular flexibility index (Phi) is 7.48. The number of benzene rings is 1. The van der Waals surface area contributed by atoms with Crippen LogP contribution >= 0.6 is 0 Å². The summed E-state index contributed by atoms with van der Waals surface area (Å²) < 4.78 is 30.3. The molecule has 1 amide bonds. The molecule has 2 fully saturated rings. The molecule has 0 bridgehead atoms. The number of hydrogen-bond acceptors (Lipinski definition) is 4. The van der Waals surface area contributed by atoms with Gasteiger partial charge in [-0.1, -0.05) is 39.5 Å². The van der Waals surface area contributed by atoms with Crippen LogP contribution < -0.4 is 10.7 Å². The Labute approximate surface area is 202 Å². The van der Waals surface area contributed by atoms with Gasteiger partial charge in [0.2, 0.25) is 15.5 Å². The number of hydrogen-bond donors (Lipinski definition) is 1. The van der Waals surface area contributed by atoms with E-state index in [4.69, 9.17) is 0 Å². The van der Waals surface area contributed by atoms with Gasteiger partial charge >= 0.3 is 0 Å². The zero-order chi connectivity index (χ0) is 24.5. The number of carbonyl (C=O) groups excluding carboxylic acids is 1. The van der Waals surface area contributed by atoms with E-state index in [9.17, 15) is 18.0 Å². The van der Waals surface area contributed by atoms with Gasteiger partial charge in [-0.25, -0.2) is 8.42 Å². The fourth-order valence-electron chi connectivity index (χ4n) is 5.60. The van der Waals surface area contributed by atoms with E-state index >= 15 is 0 Å². The molecule has 7 nitrogen and oxygen atoms in total. The summed E-state index contributed by atoms with van der Waals surface area (Å²) in [5.41, 5.74) is 0.300. The molecule has 1 aromatic carbocycles. The van der Waals surface area contributed by atoms with Crippen molar-refractivity contribution < 1.29 is 13.2 Å². The Bertz CT molecular complexity index is 1200. The first-order chi connectivity index (χ1) is 16.2. The smallest absolute Gasteiger partial charge is 0.256 e. The summed E-state index contributed by atoms with van der Waals surface area (Å²) in [5, 5.41) is 3.33. The first-order valence-electron chi connectivity index (χ1n) is 12.7. The average molecular weight is 488 g/mol. The van der Waals surface area contributed by atoms with Crippen LogP contribution in [0.15, 0.2) is 34.1 Å². The van der Waals surface area contributed by atoms with Crippen molar-refractivity contribution in [3.8, 4) is 0 Å². The highest BCUT2D eigenvalue weighted by molar-refractivity contribution is 7.89. The lowest BCUT2D eigenvalue weighted by Gasteiger charge is -2.34. The maximum atomic E-state index is 13.4. The number of pyridine rings is 1. The van der Waals surface area contributed by atoms with Crippen LogP contribution in [0.5, 0.6) is 0 Å². The molecule has 1 aliphatic heterocycles. The third kappa shape index (κ3) is 5.08. The lowest BCUT2D eigenvalue weighted by molar-refractivity contribution is 0.0931. The van der Waals surface area contributed by atoms with Crippen molar-refractivity contribution in [3.05, 3.63) is 40.2 Å². The van der Waals surface area contributed by atoms with Crippen LogP contribution in [0.3, 0.4) is 0 Å². The molecule has 1 saturated carbocycles. The Hall–Kier alpha value is -2.19. The van der Waals surface area contributed by atoms with Crippen LogP contribution in [-0.4, -0.2) is 42.3 Å². The molecule has 0 radical (unpaired) electrons. The highest BCUT2D eigenvalue weighted by Crippen LogP contribution is 2.28. The molecule has 4 rings (SSSR count). The Morgan fingerprint density at radius 1 is 1.06 bits per heavy atom. The molecule has 2 aliphatic rings. The molecule has 1 aromatic heterocycles. The zero-order valence-corrected chi connectivity index (χ0v) is 21.4. The summed E-state index contributed by atoms with van der Waals surface area (Å²) in [7, 11) is -3.73. The fraction of sp³-hybridized carbons (Fsp3) is 0.615. The topological polar surface area (TPSA) is 88.5 Å². The average Bonchev–Trinajstić information content (AvgIpc) is 3.07. The van der Waals surface area contributed by atoms with Crippen molar-refractivity contribution in [1.29, 1.82) is 0 Å². The minimum absolute atomic E-state index is 0.0772. The van der Waals surface area contributed by atoms with Gasteiger partial charge in [-0.3, -0.25) is 9.59 Å². The molecule has 8 heteroatoms.